The Bertz CT molecular complexity index is 683. The van der Waals surface area contributed by atoms with Gasteiger partial charge in [-0.25, -0.2) is 0 Å². The first-order valence-corrected chi connectivity index (χ1v) is 5.86. The van der Waals surface area contributed by atoms with Gasteiger partial charge in [0.25, 0.3) is 0 Å². The second-order valence-corrected chi connectivity index (χ2v) is 4.41. The van der Waals surface area contributed by atoms with Crippen molar-refractivity contribution in [1.29, 1.82) is 0 Å². The molecule has 0 heterocycles. The van der Waals surface area contributed by atoms with Crippen molar-refractivity contribution >= 4 is 21.5 Å². The number of hydrogen-bond donors (Lipinski definition) is 1. The molecular formula is C16H14O. The zero-order chi connectivity index (χ0) is 11.8. The van der Waals surface area contributed by atoms with Crippen LogP contribution in [-0.4, -0.2) is 5.11 Å². The van der Waals surface area contributed by atoms with Crippen molar-refractivity contribution in [2.24, 2.45) is 0 Å². The van der Waals surface area contributed by atoms with Crippen LogP contribution in [0.5, 0.6) is 0 Å². The molecule has 0 aromatic heterocycles. The summed E-state index contributed by atoms with van der Waals surface area (Å²) in [6.45, 7) is 1.82. The first-order valence-electron chi connectivity index (χ1n) is 5.86. The van der Waals surface area contributed by atoms with Crippen LogP contribution in [0.3, 0.4) is 0 Å². The van der Waals surface area contributed by atoms with Gasteiger partial charge in [-0.3, -0.25) is 0 Å². The number of benzene rings is 3. The van der Waals surface area contributed by atoms with Gasteiger partial charge in [-0.2, -0.15) is 0 Å². The van der Waals surface area contributed by atoms with Gasteiger partial charge in [0, 0.05) is 0 Å². The molecule has 3 aromatic rings. The van der Waals surface area contributed by atoms with E-state index in [1.807, 2.05) is 25.1 Å². The van der Waals surface area contributed by atoms with Crippen molar-refractivity contribution in [1.82, 2.24) is 0 Å². The van der Waals surface area contributed by atoms with Gasteiger partial charge >= 0.3 is 0 Å². The Balaban J connectivity index is 2.55. The van der Waals surface area contributed by atoms with Crippen molar-refractivity contribution in [3.63, 3.8) is 0 Å². The molecule has 0 aliphatic rings. The van der Waals surface area contributed by atoms with Gasteiger partial charge < -0.3 is 5.11 Å². The lowest BCUT2D eigenvalue weighted by atomic mass is 9.95. The Morgan fingerprint density at radius 1 is 0.824 bits per heavy atom. The molecule has 0 saturated carbocycles. The Hall–Kier alpha value is -1.86. The summed E-state index contributed by atoms with van der Waals surface area (Å²) in [4.78, 5) is 0. The molecule has 1 nitrogen and oxygen atoms in total. The number of aliphatic hydroxyl groups is 1. The summed E-state index contributed by atoms with van der Waals surface area (Å²) in [6.07, 6.45) is -0.440. The Labute approximate surface area is 100 Å². The molecule has 0 aliphatic heterocycles. The van der Waals surface area contributed by atoms with Gasteiger partial charge in [0.1, 0.15) is 0 Å². The molecule has 3 rings (SSSR count). The van der Waals surface area contributed by atoms with E-state index in [4.69, 9.17) is 0 Å². The minimum atomic E-state index is -0.440. The average molecular weight is 222 g/mol. The summed E-state index contributed by atoms with van der Waals surface area (Å²) >= 11 is 0. The largest absolute Gasteiger partial charge is 0.389 e. The van der Waals surface area contributed by atoms with Crippen LogP contribution in [0.2, 0.25) is 0 Å². The third kappa shape index (κ3) is 1.60. The van der Waals surface area contributed by atoms with E-state index in [1.54, 1.807) is 0 Å². The standard InChI is InChI=1S/C16H14O/c1-11(17)16-10-12-6-2-3-7-13(12)14-8-4-5-9-15(14)16/h2-11,17H,1H3/t11-/m0/s1. The third-order valence-corrected chi connectivity index (χ3v) is 3.25. The summed E-state index contributed by atoms with van der Waals surface area (Å²) in [5.74, 6) is 0. The summed E-state index contributed by atoms with van der Waals surface area (Å²) in [5, 5.41) is 14.7. The maximum absolute atomic E-state index is 9.88. The van der Waals surface area contributed by atoms with Crippen LogP contribution < -0.4 is 0 Å². The molecular weight excluding hydrogens is 208 g/mol. The van der Waals surface area contributed by atoms with Gasteiger partial charge in [0.2, 0.25) is 0 Å². The molecule has 1 N–H and O–H groups in total. The quantitative estimate of drug-likeness (QED) is 0.616. The minimum Gasteiger partial charge on any atom is -0.389 e. The van der Waals surface area contributed by atoms with Crippen LogP contribution in [0.4, 0.5) is 0 Å². The Morgan fingerprint density at radius 3 is 2.12 bits per heavy atom. The molecule has 3 aromatic carbocycles. The van der Waals surface area contributed by atoms with Crippen molar-refractivity contribution < 1.29 is 5.11 Å². The van der Waals surface area contributed by atoms with Gasteiger partial charge in [-0.15, -0.1) is 0 Å². The van der Waals surface area contributed by atoms with Crippen LogP contribution in [0.15, 0.2) is 54.6 Å². The fourth-order valence-electron chi connectivity index (χ4n) is 2.43. The molecule has 0 aliphatic carbocycles. The first-order chi connectivity index (χ1) is 8.27. The molecule has 0 radical (unpaired) electrons. The van der Waals surface area contributed by atoms with E-state index >= 15 is 0 Å². The molecule has 1 atom stereocenters. The normalized spacial score (nSPS) is 13.1. The summed E-state index contributed by atoms with van der Waals surface area (Å²) in [6, 6.07) is 18.6. The molecule has 1 heteroatoms. The van der Waals surface area contributed by atoms with E-state index in [1.165, 1.54) is 16.2 Å². The lowest BCUT2D eigenvalue weighted by molar-refractivity contribution is 0.201. The molecule has 0 unspecified atom stereocenters. The van der Waals surface area contributed by atoms with E-state index < -0.39 is 6.10 Å². The Kier molecular flexibility index (Phi) is 2.34. The third-order valence-electron chi connectivity index (χ3n) is 3.25. The lowest BCUT2D eigenvalue weighted by Gasteiger charge is -2.12. The summed E-state index contributed by atoms with van der Waals surface area (Å²) in [7, 11) is 0. The molecule has 84 valence electrons. The first kappa shape index (κ1) is 10.3. The van der Waals surface area contributed by atoms with Gasteiger partial charge in [-0.1, -0.05) is 48.5 Å². The van der Waals surface area contributed by atoms with E-state index in [2.05, 4.69) is 36.4 Å². The van der Waals surface area contributed by atoms with Crippen molar-refractivity contribution in [2.75, 3.05) is 0 Å². The highest BCUT2D eigenvalue weighted by Crippen LogP contribution is 2.31. The second kappa shape index (κ2) is 3.86. The zero-order valence-electron chi connectivity index (χ0n) is 9.72. The van der Waals surface area contributed by atoms with Crippen LogP contribution in [0.25, 0.3) is 21.5 Å². The molecule has 0 bridgehead atoms. The highest BCUT2D eigenvalue weighted by Gasteiger charge is 2.09. The van der Waals surface area contributed by atoms with E-state index in [-0.39, 0.29) is 0 Å². The van der Waals surface area contributed by atoms with Crippen LogP contribution >= 0.6 is 0 Å². The predicted octanol–water partition coefficient (Wildman–Crippen LogP) is 4.05. The SMILES string of the molecule is C[C@H](O)c1cc2ccccc2c2ccccc12. The minimum absolute atomic E-state index is 0.440. The monoisotopic (exact) mass is 222 g/mol. The molecule has 0 fully saturated rings. The van der Waals surface area contributed by atoms with Crippen LogP contribution in [0, 0.1) is 0 Å². The van der Waals surface area contributed by atoms with Crippen molar-refractivity contribution in [3.05, 3.63) is 60.2 Å². The predicted molar refractivity (Wildman–Crippen MR) is 72.1 cm³/mol. The Morgan fingerprint density at radius 2 is 1.41 bits per heavy atom. The zero-order valence-corrected chi connectivity index (χ0v) is 9.72. The highest BCUT2D eigenvalue weighted by molar-refractivity contribution is 6.09. The fourth-order valence-corrected chi connectivity index (χ4v) is 2.43. The summed E-state index contributed by atoms with van der Waals surface area (Å²) < 4.78 is 0. The van der Waals surface area contributed by atoms with E-state index in [0.29, 0.717) is 0 Å². The van der Waals surface area contributed by atoms with Crippen LogP contribution in [0.1, 0.15) is 18.6 Å². The average Bonchev–Trinajstić information content (AvgIpc) is 2.37. The maximum Gasteiger partial charge on any atom is 0.0768 e. The molecule has 0 amide bonds. The molecule has 17 heavy (non-hydrogen) atoms. The molecule has 0 saturated heterocycles. The fraction of sp³-hybridized carbons (Fsp3) is 0.125. The smallest absolute Gasteiger partial charge is 0.0768 e. The second-order valence-electron chi connectivity index (χ2n) is 4.41. The molecule has 0 spiro atoms. The highest BCUT2D eigenvalue weighted by atomic mass is 16.3. The number of hydrogen-bond acceptors (Lipinski definition) is 1. The van der Waals surface area contributed by atoms with Gasteiger partial charge in [0.05, 0.1) is 6.10 Å². The van der Waals surface area contributed by atoms with Crippen molar-refractivity contribution in [3.8, 4) is 0 Å². The van der Waals surface area contributed by atoms with Crippen LogP contribution in [-0.2, 0) is 0 Å². The van der Waals surface area contributed by atoms with Gasteiger partial charge in [0.15, 0.2) is 0 Å². The van der Waals surface area contributed by atoms with Crippen molar-refractivity contribution in [2.45, 2.75) is 13.0 Å². The lowest BCUT2D eigenvalue weighted by Crippen LogP contribution is -1.93. The number of fused-ring (bicyclic) bond motifs is 3. The van der Waals surface area contributed by atoms with E-state index in [9.17, 15) is 5.11 Å². The maximum atomic E-state index is 9.88. The van der Waals surface area contributed by atoms with Gasteiger partial charge in [-0.05, 0) is 40.1 Å². The topological polar surface area (TPSA) is 20.2 Å². The number of rotatable bonds is 1. The number of aliphatic hydroxyl groups excluding tert-OH is 1. The van der Waals surface area contributed by atoms with E-state index in [0.717, 1.165) is 10.9 Å². The summed E-state index contributed by atoms with van der Waals surface area (Å²) in [5.41, 5.74) is 0.999.